The van der Waals surface area contributed by atoms with Crippen molar-refractivity contribution in [2.24, 2.45) is 0 Å². The van der Waals surface area contributed by atoms with Crippen LogP contribution in [0.15, 0.2) is 53.4 Å². The van der Waals surface area contributed by atoms with Crippen LogP contribution in [0.5, 0.6) is 5.75 Å². The Kier molecular flexibility index (Phi) is 7.11. The number of sulfonamides is 1. The molecule has 1 fully saturated rings. The molecule has 1 saturated heterocycles. The Hall–Kier alpha value is -2.58. The van der Waals surface area contributed by atoms with E-state index in [1.54, 1.807) is 41.7 Å². The SMILES string of the molecule is COc1cccc(NCC(=O)Nc2ccc(S(=O)(=O)N3CCCCCC3)cc2)c1. The Morgan fingerprint density at radius 2 is 1.69 bits per heavy atom. The fraction of sp³-hybridized carbons (Fsp3) is 0.381. The predicted molar refractivity (Wildman–Crippen MR) is 114 cm³/mol. The summed E-state index contributed by atoms with van der Waals surface area (Å²) < 4.78 is 32.3. The van der Waals surface area contributed by atoms with Gasteiger partial charge < -0.3 is 15.4 Å². The second-order valence-corrected chi connectivity index (χ2v) is 8.91. The van der Waals surface area contributed by atoms with E-state index in [-0.39, 0.29) is 17.3 Å². The molecule has 1 aliphatic heterocycles. The lowest BCUT2D eigenvalue weighted by Gasteiger charge is -2.20. The molecule has 0 atom stereocenters. The van der Waals surface area contributed by atoms with E-state index in [2.05, 4.69) is 10.6 Å². The second kappa shape index (κ2) is 9.76. The third kappa shape index (κ3) is 5.71. The number of carbonyl (C=O) groups excluding carboxylic acids is 1. The Morgan fingerprint density at radius 1 is 1.00 bits per heavy atom. The number of hydrogen-bond acceptors (Lipinski definition) is 5. The molecule has 0 aromatic heterocycles. The van der Waals surface area contributed by atoms with Gasteiger partial charge in [0, 0.05) is 30.5 Å². The number of methoxy groups -OCH3 is 1. The molecule has 7 nitrogen and oxygen atoms in total. The number of hydrogen-bond donors (Lipinski definition) is 2. The highest BCUT2D eigenvalue weighted by Gasteiger charge is 2.24. The van der Waals surface area contributed by atoms with Crippen molar-refractivity contribution in [3.8, 4) is 5.75 Å². The van der Waals surface area contributed by atoms with E-state index in [1.807, 2.05) is 18.2 Å². The molecule has 156 valence electrons. The maximum absolute atomic E-state index is 12.8. The van der Waals surface area contributed by atoms with Crippen LogP contribution in [0.1, 0.15) is 25.7 Å². The zero-order valence-electron chi connectivity index (χ0n) is 16.6. The van der Waals surface area contributed by atoms with E-state index in [9.17, 15) is 13.2 Å². The molecule has 1 aliphatic rings. The molecule has 1 heterocycles. The summed E-state index contributed by atoms with van der Waals surface area (Å²) >= 11 is 0. The van der Waals surface area contributed by atoms with Crippen molar-refractivity contribution < 1.29 is 17.9 Å². The summed E-state index contributed by atoms with van der Waals surface area (Å²) in [6.45, 7) is 1.22. The van der Waals surface area contributed by atoms with Crippen LogP contribution in [0, 0.1) is 0 Å². The lowest BCUT2D eigenvalue weighted by molar-refractivity contribution is -0.114. The lowest BCUT2D eigenvalue weighted by Crippen LogP contribution is -2.31. The van der Waals surface area contributed by atoms with Crippen molar-refractivity contribution >= 4 is 27.3 Å². The number of benzene rings is 2. The topological polar surface area (TPSA) is 87.7 Å². The van der Waals surface area contributed by atoms with E-state index >= 15 is 0 Å². The van der Waals surface area contributed by atoms with Crippen molar-refractivity contribution in [1.29, 1.82) is 0 Å². The average molecular weight is 418 g/mol. The molecule has 0 aliphatic carbocycles. The Bertz CT molecular complexity index is 921. The molecule has 0 bridgehead atoms. The molecule has 1 amide bonds. The first-order valence-electron chi connectivity index (χ1n) is 9.77. The number of amides is 1. The molecule has 2 aromatic rings. The van der Waals surface area contributed by atoms with E-state index in [0.29, 0.717) is 24.5 Å². The minimum Gasteiger partial charge on any atom is -0.497 e. The van der Waals surface area contributed by atoms with Gasteiger partial charge in [-0.25, -0.2) is 8.42 Å². The van der Waals surface area contributed by atoms with Gasteiger partial charge >= 0.3 is 0 Å². The van der Waals surface area contributed by atoms with Crippen molar-refractivity contribution in [3.63, 3.8) is 0 Å². The van der Waals surface area contributed by atoms with Crippen LogP contribution in [0.3, 0.4) is 0 Å². The van der Waals surface area contributed by atoms with Gasteiger partial charge in [0.05, 0.1) is 18.6 Å². The Labute approximate surface area is 172 Å². The van der Waals surface area contributed by atoms with Crippen LogP contribution < -0.4 is 15.4 Å². The standard InChI is InChI=1S/C21H27N3O4S/c1-28-19-8-6-7-18(15-19)22-16-21(25)23-17-9-11-20(12-10-17)29(26,27)24-13-4-2-3-5-14-24/h6-12,15,22H,2-5,13-14,16H2,1H3,(H,23,25). The largest absolute Gasteiger partial charge is 0.497 e. The van der Waals surface area contributed by atoms with Crippen LogP contribution in [0.2, 0.25) is 0 Å². The van der Waals surface area contributed by atoms with Crippen LogP contribution in [-0.4, -0.2) is 45.4 Å². The molecule has 2 N–H and O–H groups in total. The third-order valence-corrected chi connectivity index (χ3v) is 6.78. The minimum atomic E-state index is -3.49. The molecule has 3 rings (SSSR count). The summed E-state index contributed by atoms with van der Waals surface area (Å²) in [7, 11) is -1.90. The summed E-state index contributed by atoms with van der Waals surface area (Å²) in [6.07, 6.45) is 3.93. The monoisotopic (exact) mass is 417 g/mol. The minimum absolute atomic E-state index is 0.0843. The fourth-order valence-electron chi connectivity index (χ4n) is 3.26. The van der Waals surface area contributed by atoms with Crippen molar-refractivity contribution in [2.75, 3.05) is 37.4 Å². The van der Waals surface area contributed by atoms with Crippen molar-refractivity contribution in [2.45, 2.75) is 30.6 Å². The highest BCUT2D eigenvalue weighted by molar-refractivity contribution is 7.89. The first kappa shape index (κ1) is 21.1. The fourth-order valence-corrected chi connectivity index (χ4v) is 4.78. The van der Waals surface area contributed by atoms with Crippen LogP contribution >= 0.6 is 0 Å². The van der Waals surface area contributed by atoms with E-state index in [4.69, 9.17) is 4.74 Å². The number of rotatable bonds is 7. The van der Waals surface area contributed by atoms with Gasteiger partial charge in [0.25, 0.3) is 0 Å². The van der Waals surface area contributed by atoms with Crippen molar-refractivity contribution in [1.82, 2.24) is 4.31 Å². The van der Waals surface area contributed by atoms with Crippen LogP contribution in [-0.2, 0) is 14.8 Å². The summed E-state index contributed by atoms with van der Waals surface area (Å²) in [5, 5.41) is 5.80. The molecule has 0 radical (unpaired) electrons. The number of nitrogens with zero attached hydrogens (tertiary/aromatic N) is 1. The summed E-state index contributed by atoms with van der Waals surface area (Å²) in [5.41, 5.74) is 1.33. The average Bonchev–Trinajstić information content (AvgIpc) is 3.03. The van der Waals surface area contributed by atoms with Crippen molar-refractivity contribution in [3.05, 3.63) is 48.5 Å². The third-order valence-electron chi connectivity index (χ3n) is 4.86. The predicted octanol–water partition coefficient (Wildman–Crippen LogP) is 3.31. The number of nitrogens with one attached hydrogen (secondary N) is 2. The lowest BCUT2D eigenvalue weighted by atomic mass is 10.2. The molecule has 0 saturated carbocycles. The van der Waals surface area contributed by atoms with Gasteiger partial charge in [-0.15, -0.1) is 0 Å². The molecule has 0 spiro atoms. The van der Waals surface area contributed by atoms with E-state index < -0.39 is 10.0 Å². The first-order chi connectivity index (χ1) is 14.0. The molecule has 0 unspecified atom stereocenters. The Balaban J connectivity index is 1.57. The Morgan fingerprint density at radius 3 is 2.34 bits per heavy atom. The van der Waals surface area contributed by atoms with Gasteiger partial charge in [-0.3, -0.25) is 4.79 Å². The quantitative estimate of drug-likeness (QED) is 0.722. The van der Waals surface area contributed by atoms with E-state index in [0.717, 1.165) is 31.4 Å². The van der Waals surface area contributed by atoms with E-state index in [1.165, 1.54) is 0 Å². The van der Waals surface area contributed by atoms with Gasteiger partial charge in [-0.1, -0.05) is 18.9 Å². The van der Waals surface area contributed by atoms with Gasteiger partial charge in [0.2, 0.25) is 15.9 Å². The van der Waals surface area contributed by atoms with Gasteiger partial charge in [-0.2, -0.15) is 4.31 Å². The molecular weight excluding hydrogens is 390 g/mol. The summed E-state index contributed by atoms with van der Waals surface area (Å²) in [4.78, 5) is 12.4. The molecule has 29 heavy (non-hydrogen) atoms. The maximum atomic E-state index is 12.8. The van der Waals surface area contributed by atoms with Crippen LogP contribution in [0.25, 0.3) is 0 Å². The van der Waals surface area contributed by atoms with Gasteiger partial charge in [0.15, 0.2) is 0 Å². The maximum Gasteiger partial charge on any atom is 0.243 e. The normalized spacial score (nSPS) is 15.3. The molecule has 2 aromatic carbocycles. The smallest absolute Gasteiger partial charge is 0.243 e. The summed E-state index contributed by atoms with van der Waals surface area (Å²) in [6, 6.07) is 13.6. The number of ether oxygens (including phenoxy) is 1. The second-order valence-electron chi connectivity index (χ2n) is 6.98. The molecule has 8 heteroatoms. The zero-order valence-corrected chi connectivity index (χ0v) is 17.4. The van der Waals surface area contributed by atoms with Gasteiger partial charge in [0.1, 0.15) is 5.75 Å². The number of carbonyl (C=O) groups is 1. The highest BCUT2D eigenvalue weighted by atomic mass is 32.2. The summed E-state index contributed by atoms with van der Waals surface area (Å²) in [5.74, 6) is 0.479. The zero-order chi connectivity index (χ0) is 20.7. The molecular formula is C21H27N3O4S. The number of anilines is 2. The van der Waals surface area contributed by atoms with Gasteiger partial charge in [-0.05, 0) is 49.2 Å². The highest BCUT2D eigenvalue weighted by Crippen LogP contribution is 2.22. The van der Waals surface area contributed by atoms with Crippen LogP contribution in [0.4, 0.5) is 11.4 Å². The first-order valence-corrected chi connectivity index (χ1v) is 11.2.